The summed E-state index contributed by atoms with van der Waals surface area (Å²) in [4.78, 5) is 4.19. The Labute approximate surface area is 123 Å². The molecule has 1 heterocycles. The quantitative estimate of drug-likeness (QED) is 0.526. The minimum atomic E-state index is 0.790. The van der Waals surface area contributed by atoms with Crippen LogP contribution in [0.1, 0.15) is 16.7 Å². The van der Waals surface area contributed by atoms with Gasteiger partial charge in [0.05, 0.1) is 0 Å². The molecule has 0 aliphatic heterocycles. The Bertz CT molecular complexity index is 848. The van der Waals surface area contributed by atoms with E-state index in [1.54, 1.807) is 6.20 Å². The summed E-state index contributed by atoms with van der Waals surface area (Å²) in [5, 5.41) is 0. The van der Waals surface area contributed by atoms with Crippen LogP contribution in [0.25, 0.3) is 22.8 Å². The molecule has 2 N–H and O–H groups in total. The van der Waals surface area contributed by atoms with Crippen molar-refractivity contribution in [1.82, 2.24) is 4.98 Å². The molecule has 0 saturated heterocycles. The first-order chi connectivity index (χ1) is 10.3. The largest absolute Gasteiger partial charge is 0.399 e. The topological polar surface area (TPSA) is 38.9 Å². The van der Waals surface area contributed by atoms with Crippen LogP contribution in [0, 0.1) is 0 Å². The number of nitrogens with zero attached hydrogens (tertiary/aromatic N) is 1. The molecule has 2 heteroatoms. The molecule has 1 aliphatic rings. The molecule has 2 aromatic carbocycles. The van der Waals surface area contributed by atoms with E-state index in [2.05, 4.69) is 53.5 Å². The first-order valence-corrected chi connectivity index (χ1v) is 6.94. The van der Waals surface area contributed by atoms with Gasteiger partial charge in [-0.3, -0.25) is 4.98 Å². The molecule has 1 aromatic heterocycles. The van der Waals surface area contributed by atoms with E-state index in [9.17, 15) is 0 Å². The van der Waals surface area contributed by atoms with Crippen LogP contribution in [0.5, 0.6) is 0 Å². The highest BCUT2D eigenvalue weighted by atomic mass is 14.6. The lowest BCUT2D eigenvalue weighted by atomic mass is 10.0. The minimum absolute atomic E-state index is 0.790. The van der Waals surface area contributed by atoms with Crippen molar-refractivity contribution in [3.05, 3.63) is 83.7 Å². The van der Waals surface area contributed by atoms with Gasteiger partial charge in [0.15, 0.2) is 0 Å². The number of rotatable bonds is 1. The molecule has 4 rings (SSSR count). The monoisotopic (exact) mass is 270 g/mol. The lowest BCUT2D eigenvalue weighted by Gasteiger charge is -2.04. The zero-order valence-corrected chi connectivity index (χ0v) is 11.5. The maximum atomic E-state index is 5.98. The molecule has 2 nitrogen and oxygen atoms in total. The Morgan fingerprint density at radius 1 is 0.810 bits per heavy atom. The zero-order valence-electron chi connectivity index (χ0n) is 11.5. The van der Waals surface area contributed by atoms with Gasteiger partial charge in [-0.05, 0) is 57.7 Å². The summed E-state index contributed by atoms with van der Waals surface area (Å²) in [7, 11) is 0. The van der Waals surface area contributed by atoms with Gasteiger partial charge in [-0.2, -0.15) is 0 Å². The van der Waals surface area contributed by atoms with Crippen molar-refractivity contribution in [1.29, 1.82) is 0 Å². The van der Waals surface area contributed by atoms with Crippen LogP contribution >= 0.6 is 0 Å². The molecule has 1 aliphatic carbocycles. The van der Waals surface area contributed by atoms with Gasteiger partial charge in [0.2, 0.25) is 0 Å². The number of hydrogen-bond donors (Lipinski definition) is 1. The standard InChI is InChI=1S/C19H14N2/c20-14-7-8-17-15-5-1-2-6-16(15)18(19(17)11-14)10-13-4-3-9-21-12-13/h1-12H,20H2/b18-10-. The molecule has 21 heavy (non-hydrogen) atoms. The SMILES string of the molecule is Nc1ccc2c(c1)/C(=C\c1cccnc1)c1ccccc1-2. The van der Waals surface area contributed by atoms with Gasteiger partial charge in [-0.1, -0.05) is 36.4 Å². The van der Waals surface area contributed by atoms with Gasteiger partial charge in [-0.15, -0.1) is 0 Å². The average molecular weight is 270 g/mol. The second kappa shape index (κ2) is 4.60. The van der Waals surface area contributed by atoms with Gasteiger partial charge in [0.1, 0.15) is 0 Å². The summed E-state index contributed by atoms with van der Waals surface area (Å²) in [6.45, 7) is 0. The van der Waals surface area contributed by atoms with Crippen molar-refractivity contribution in [2.24, 2.45) is 0 Å². The highest BCUT2D eigenvalue weighted by Crippen LogP contribution is 2.45. The third-order valence-corrected chi connectivity index (χ3v) is 3.84. The number of aromatic nitrogens is 1. The van der Waals surface area contributed by atoms with E-state index in [0.29, 0.717) is 0 Å². The molecule has 0 bridgehead atoms. The molecule has 3 aromatic rings. The fourth-order valence-electron chi connectivity index (χ4n) is 2.90. The normalized spacial score (nSPS) is 14.0. The van der Waals surface area contributed by atoms with Crippen LogP contribution in [-0.4, -0.2) is 4.98 Å². The fourth-order valence-corrected chi connectivity index (χ4v) is 2.90. The maximum Gasteiger partial charge on any atom is 0.0340 e. The molecule has 0 spiro atoms. The molecule has 0 radical (unpaired) electrons. The van der Waals surface area contributed by atoms with Crippen molar-refractivity contribution in [3.63, 3.8) is 0 Å². The van der Waals surface area contributed by atoms with Crippen LogP contribution in [0.15, 0.2) is 67.0 Å². The maximum absolute atomic E-state index is 5.98. The Kier molecular flexibility index (Phi) is 2.61. The van der Waals surface area contributed by atoms with E-state index in [0.717, 1.165) is 11.3 Å². The highest BCUT2D eigenvalue weighted by Gasteiger charge is 2.22. The van der Waals surface area contributed by atoms with Crippen molar-refractivity contribution in [2.45, 2.75) is 0 Å². The van der Waals surface area contributed by atoms with Crippen molar-refractivity contribution >= 4 is 17.3 Å². The van der Waals surface area contributed by atoms with Crippen LogP contribution in [0.3, 0.4) is 0 Å². The van der Waals surface area contributed by atoms with Gasteiger partial charge >= 0.3 is 0 Å². The van der Waals surface area contributed by atoms with Gasteiger partial charge in [-0.25, -0.2) is 0 Å². The molecule has 0 unspecified atom stereocenters. The highest BCUT2D eigenvalue weighted by molar-refractivity contribution is 6.07. The van der Waals surface area contributed by atoms with Crippen LogP contribution in [0.2, 0.25) is 0 Å². The van der Waals surface area contributed by atoms with E-state index >= 15 is 0 Å². The predicted octanol–water partition coefficient (Wildman–Crippen LogP) is 4.23. The molecule has 0 fully saturated rings. The summed E-state index contributed by atoms with van der Waals surface area (Å²) >= 11 is 0. The second-order valence-corrected chi connectivity index (χ2v) is 5.19. The predicted molar refractivity (Wildman–Crippen MR) is 87.5 cm³/mol. The number of pyridine rings is 1. The molecule has 0 amide bonds. The third-order valence-electron chi connectivity index (χ3n) is 3.84. The summed E-state index contributed by atoms with van der Waals surface area (Å²) in [6, 6.07) is 18.6. The smallest absolute Gasteiger partial charge is 0.0340 e. The van der Waals surface area contributed by atoms with Crippen LogP contribution in [0.4, 0.5) is 5.69 Å². The first-order valence-electron chi connectivity index (χ1n) is 6.94. The Morgan fingerprint density at radius 3 is 2.43 bits per heavy atom. The molecular weight excluding hydrogens is 256 g/mol. The number of nitrogens with two attached hydrogens (primary N) is 1. The number of benzene rings is 2. The van der Waals surface area contributed by atoms with E-state index in [-0.39, 0.29) is 0 Å². The Hall–Kier alpha value is -2.87. The van der Waals surface area contributed by atoms with Crippen molar-refractivity contribution in [3.8, 4) is 11.1 Å². The average Bonchev–Trinajstić information content (AvgIpc) is 2.82. The molecule has 0 saturated carbocycles. The van der Waals surface area contributed by atoms with E-state index in [1.165, 1.54) is 27.8 Å². The van der Waals surface area contributed by atoms with E-state index in [4.69, 9.17) is 5.73 Å². The lowest BCUT2D eigenvalue weighted by molar-refractivity contribution is 1.32. The Balaban J connectivity index is 1.99. The summed E-state index contributed by atoms with van der Waals surface area (Å²) in [5.74, 6) is 0. The molecular formula is C19H14N2. The minimum Gasteiger partial charge on any atom is -0.399 e. The van der Waals surface area contributed by atoms with Crippen molar-refractivity contribution in [2.75, 3.05) is 5.73 Å². The van der Waals surface area contributed by atoms with Gasteiger partial charge in [0, 0.05) is 18.1 Å². The van der Waals surface area contributed by atoms with Gasteiger partial charge < -0.3 is 5.73 Å². The number of anilines is 1. The van der Waals surface area contributed by atoms with Crippen molar-refractivity contribution < 1.29 is 0 Å². The first kappa shape index (κ1) is 11.9. The third kappa shape index (κ3) is 1.93. The zero-order chi connectivity index (χ0) is 14.2. The van der Waals surface area contributed by atoms with E-state index < -0.39 is 0 Å². The number of nitrogen functional groups attached to an aromatic ring is 1. The summed E-state index contributed by atoms with van der Waals surface area (Å²) in [6.07, 6.45) is 5.84. The number of fused-ring (bicyclic) bond motifs is 3. The van der Waals surface area contributed by atoms with Gasteiger partial charge in [0.25, 0.3) is 0 Å². The van der Waals surface area contributed by atoms with Crippen LogP contribution < -0.4 is 5.73 Å². The number of hydrogen-bond acceptors (Lipinski definition) is 2. The summed E-state index contributed by atoms with van der Waals surface area (Å²) in [5.41, 5.74) is 14.0. The fraction of sp³-hybridized carbons (Fsp3) is 0. The van der Waals surface area contributed by atoms with E-state index in [1.807, 2.05) is 18.3 Å². The second-order valence-electron chi connectivity index (χ2n) is 5.19. The Morgan fingerprint density at radius 2 is 1.62 bits per heavy atom. The van der Waals surface area contributed by atoms with Crippen LogP contribution in [-0.2, 0) is 0 Å². The molecule has 100 valence electrons. The molecule has 0 atom stereocenters. The lowest BCUT2D eigenvalue weighted by Crippen LogP contribution is -1.87. The summed E-state index contributed by atoms with van der Waals surface area (Å²) < 4.78 is 0.